The zero-order valence-electron chi connectivity index (χ0n) is 15.6. The molecule has 1 aliphatic heterocycles. The molecular formula is C18H14F4N4O4S. The number of alkyl halides is 3. The Bertz CT molecular complexity index is 1180. The van der Waals surface area contributed by atoms with Crippen molar-refractivity contribution in [1.29, 1.82) is 0 Å². The summed E-state index contributed by atoms with van der Waals surface area (Å²) in [5.74, 6) is -2.45. The summed E-state index contributed by atoms with van der Waals surface area (Å²) < 4.78 is 87.8. The fraction of sp³-hybridized carbons (Fsp3) is 0.278. The summed E-state index contributed by atoms with van der Waals surface area (Å²) in [6.07, 6.45) is -3.71. The zero-order valence-corrected chi connectivity index (χ0v) is 16.4. The molecule has 1 fully saturated rings. The quantitative estimate of drug-likeness (QED) is 0.542. The van der Waals surface area contributed by atoms with Crippen LogP contribution in [-0.4, -0.2) is 47.0 Å². The monoisotopic (exact) mass is 458 g/mol. The number of benzene rings is 1. The van der Waals surface area contributed by atoms with Crippen LogP contribution in [0.15, 0.2) is 52.0 Å². The lowest BCUT2D eigenvalue weighted by Gasteiger charge is -2.17. The maximum absolute atomic E-state index is 13.9. The predicted octanol–water partition coefficient (Wildman–Crippen LogP) is 3.13. The van der Waals surface area contributed by atoms with E-state index < -0.39 is 38.9 Å². The van der Waals surface area contributed by atoms with Crippen molar-refractivity contribution in [3.63, 3.8) is 0 Å². The molecule has 1 aliphatic rings. The largest absolute Gasteiger partial charge is 0.473 e. The van der Waals surface area contributed by atoms with Crippen LogP contribution in [-0.2, 0) is 16.2 Å². The number of pyridine rings is 1. The number of aromatic nitrogens is 3. The second-order valence-corrected chi connectivity index (χ2v) is 8.53. The van der Waals surface area contributed by atoms with E-state index in [1.54, 1.807) is 0 Å². The van der Waals surface area contributed by atoms with Crippen molar-refractivity contribution < 1.29 is 35.2 Å². The van der Waals surface area contributed by atoms with Crippen LogP contribution in [0, 0.1) is 5.82 Å². The van der Waals surface area contributed by atoms with Gasteiger partial charge in [-0.05, 0) is 24.6 Å². The third-order valence-electron chi connectivity index (χ3n) is 4.51. The van der Waals surface area contributed by atoms with Crippen LogP contribution in [0.25, 0.3) is 11.4 Å². The molecule has 3 heterocycles. The Morgan fingerprint density at radius 3 is 2.58 bits per heavy atom. The minimum absolute atomic E-state index is 0.000116. The predicted molar refractivity (Wildman–Crippen MR) is 96.7 cm³/mol. The average molecular weight is 458 g/mol. The van der Waals surface area contributed by atoms with Crippen LogP contribution in [0.1, 0.15) is 12.3 Å². The minimum Gasteiger partial charge on any atom is -0.473 e. The molecule has 0 radical (unpaired) electrons. The van der Waals surface area contributed by atoms with E-state index in [9.17, 15) is 26.0 Å². The van der Waals surface area contributed by atoms with Crippen molar-refractivity contribution in [1.82, 2.24) is 19.4 Å². The van der Waals surface area contributed by atoms with E-state index in [1.807, 2.05) is 0 Å². The molecule has 13 heteroatoms. The zero-order chi connectivity index (χ0) is 22.2. The number of halogens is 4. The van der Waals surface area contributed by atoms with Crippen LogP contribution >= 0.6 is 0 Å². The highest BCUT2D eigenvalue weighted by atomic mass is 32.2. The molecule has 164 valence electrons. The molecule has 2 aromatic heterocycles. The van der Waals surface area contributed by atoms with Crippen LogP contribution in [0.3, 0.4) is 0 Å². The summed E-state index contributed by atoms with van der Waals surface area (Å²) in [4.78, 5) is 6.86. The summed E-state index contributed by atoms with van der Waals surface area (Å²) in [7, 11) is -4.01. The molecule has 4 rings (SSSR count). The van der Waals surface area contributed by atoms with Gasteiger partial charge in [0.2, 0.25) is 21.7 Å². The first kappa shape index (κ1) is 21.2. The van der Waals surface area contributed by atoms with E-state index in [1.165, 1.54) is 36.5 Å². The van der Waals surface area contributed by atoms with E-state index in [0.29, 0.717) is 6.42 Å². The van der Waals surface area contributed by atoms with Gasteiger partial charge in [-0.25, -0.2) is 17.8 Å². The van der Waals surface area contributed by atoms with Gasteiger partial charge in [0, 0.05) is 24.4 Å². The Balaban J connectivity index is 1.42. The van der Waals surface area contributed by atoms with E-state index in [4.69, 9.17) is 4.74 Å². The fourth-order valence-electron chi connectivity index (χ4n) is 3.01. The smallest absolute Gasteiger partial charge is 0.471 e. The molecule has 31 heavy (non-hydrogen) atoms. The first-order valence-electron chi connectivity index (χ1n) is 8.93. The highest BCUT2D eigenvalue weighted by Gasteiger charge is 2.38. The maximum Gasteiger partial charge on any atom is 0.471 e. The van der Waals surface area contributed by atoms with Gasteiger partial charge in [-0.15, -0.1) is 0 Å². The van der Waals surface area contributed by atoms with Crippen LogP contribution < -0.4 is 4.74 Å². The van der Waals surface area contributed by atoms with Crippen molar-refractivity contribution in [3.8, 4) is 17.3 Å². The molecular weight excluding hydrogens is 444 g/mol. The van der Waals surface area contributed by atoms with E-state index >= 15 is 0 Å². The highest BCUT2D eigenvalue weighted by Crippen LogP contribution is 2.30. The van der Waals surface area contributed by atoms with Gasteiger partial charge in [0.05, 0.1) is 6.54 Å². The van der Waals surface area contributed by atoms with Gasteiger partial charge in [0.1, 0.15) is 16.8 Å². The lowest BCUT2D eigenvalue weighted by atomic mass is 10.2. The van der Waals surface area contributed by atoms with Crippen LogP contribution in [0.5, 0.6) is 5.88 Å². The number of nitrogens with zero attached hydrogens (tertiary/aromatic N) is 4. The third kappa shape index (κ3) is 4.37. The maximum atomic E-state index is 13.9. The molecule has 0 N–H and O–H groups in total. The highest BCUT2D eigenvalue weighted by molar-refractivity contribution is 7.89. The first-order chi connectivity index (χ1) is 14.6. The molecule has 1 saturated heterocycles. The van der Waals surface area contributed by atoms with E-state index in [-0.39, 0.29) is 30.4 Å². The Labute approximate surface area is 173 Å². The lowest BCUT2D eigenvalue weighted by molar-refractivity contribution is -0.159. The number of hydrogen-bond donors (Lipinski definition) is 0. The molecule has 8 nitrogen and oxygen atoms in total. The lowest BCUT2D eigenvalue weighted by Crippen LogP contribution is -2.31. The second-order valence-electron chi connectivity index (χ2n) is 6.63. The molecule has 3 aromatic rings. The molecule has 0 unspecified atom stereocenters. The summed E-state index contributed by atoms with van der Waals surface area (Å²) in [6, 6.07) is 7.90. The van der Waals surface area contributed by atoms with E-state index in [0.717, 1.165) is 10.4 Å². The van der Waals surface area contributed by atoms with Gasteiger partial charge in [0.15, 0.2) is 0 Å². The Kier molecular flexibility index (Phi) is 5.39. The van der Waals surface area contributed by atoms with Crippen molar-refractivity contribution >= 4 is 10.0 Å². The molecule has 1 atom stereocenters. The van der Waals surface area contributed by atoms with Crippen molar-refractivity contribution in [2.24, 2.45) is 0 Å². The molecule has 0 amide bonds. The van der Waals surface area contributed by atoms with Gasteiger partial charge < -0.3 is 9.26 Å². The summed E-state index contributed by atoms with van der Waals surface area (Å²) in [6.45, 7) is 0.141. The third-order valence-corrected chi connectivity index (χ3v) is 6.41. The molecule has 0 saturated carbocycles. The number of ether oxygens (including phenoxy) is 1. The van der Waals surface area contributed by atoms with Gasteiger partial charge in [-0.1, -0.05) is 17.3 Å². The minimum atomic E-state index is -4.75. The first-order valence-corrected chi connectivity index (χ1v) is 10.4. The van der Waals surface area contributed by atoms with Gasteiger partial charge in [0.25, 0.3) is 0 Å². The summed E-state index contributed by atoms with van der Waals surface area (Å²) in [5.41, 5.74) is 0.182. The number of rotatable bonds is 5. The summed E-state index contributed by atoms with van der Waals surface area (Å²) in [5, 5.41) is 3.27. The van der Waals surface area contributed by atoms with Crippen molar-refractivity contribution in [2.75, 3.05) is 13.1 Å². The van der Waals surface area contributed by atoms with Gasteiger partial charge in [-0.3, -0.25) is 0 Å². The van der Waals surface area contributed by atoms with Crippen molar-refractivity contribution in [3.05, 3.63) is 54.3 Å². The van der Waals surface area contributed by atoms with E-state index in [2.05, 4.69) is 19.6 Å². The topological polar surface area (TPSA) is 98.4 Å². The second kappa shape index (κ2) is 7.89. The normalized spacial score (nSPS) is 17.7. The molecule has 1 aromatic carbocycles. The van der Waals surface area contributed by atoms with Gasteiger partial charge in [-0.2, -0.15) is 22.5 Å². The van der Waals surface area contributed by atoms with Crippen molar-refractivity contribution in [2.45, 2.75) is 23.6 Å². The number of hydrogen-bond acceptors (Lipinski definition) is 7. The molecule has 0 spiro atoms. The Morgan fingerprint density at radius 2 is 1.94 bits per heavy atom. The standard InChI is InChI=1S/C18H14F4N4O4S/c19-13-3-1-2-4-14(13)31(27,28)26-8-7-12(10-26)29-15-6-5-11(9-23-15)16-24-17(30-25-16)18(20,21)22/h1-6,9,12H,7-8,10H2/t12-/m1/s1. The average Bonchev–Trinajstić information content (AvgIpc) is 3.39. The SMILES string of the molecule is O=S(=O)(c1ccccc1F)N1CC[C@@H](Oc2ccc(-c3noc(C(F)(F)F)n3)cn2)C1. The molecule has 0 aliphatic carbocycles. The fourth-order valence-corrected chi connectivity index (χ4v) is 4.57. The van der Waals surface area contributed by atoms with Crippen LogP contribution in [0.4, 0.5) is 17.6 Å². The number of sulfonamides is 1. The Hall–Kier alpha value is -3.06. The summed E-state index contributed by atoms with van der Waals surface area (Å²) >= 11 is 0. The van der Waals surface area contributed by atoms with Crippen LogP contribution in [0.2, 0.25) is 0 Å². The molecule has 0 bridgehead atoms. The Morgan fingerprint density at radius 1 is 1.16 bits per heavy atom. The van der Waals surface area contributed by atoms with Gasteiger partial charge >= 0.3 is 12.1 Å².